The Morgan fingerprint density at radius 1 is 1.26 bits per heavy atom. The zero-order valence-electron chi connectivity index (χ0n) is 14.7. The molecule has 0 radical (unpaired) electrons. The summed E-state index contributed by atoms with van der Waals surface area (Å²) in [5.41, 5.74) is 0.430. The normalized spacial score (nSPS) is 14.9. The van der Waals surface area contributed by atoms with Gasteiger partial charge in [0.1, 0.15) is 12.2 Å². The third-order valence-corrected chi connectivity index (χ3v) is 3.41. The number of amides is 3. The number of ether oxygens (including phenoxy) is 3. The predicted molar refractivity (Wildman–Crippen MR) is 91.0 cm³/mol. The topological polar surface area (TPSA) is 131 Å². The number of carboxylic acids is 1. The van der Waals surface area contributed by atoms with Crippen LogP contribution in [0.1, 0.15) is 12.5 Å². The maximum absolute atomic E-state index is 12.1. The van der Waals surface area contributed by atoms with E-state index in [1.54, 1.807) is 13.0 Å². The van der Waals surface area contributed by atoms with E-state index in [0.717, 1.165) is 0 Å². The molecule has 0 saturated carbocycles. The molecule has 0 bridgehead atoms. The fourth-order valence-corrected chi connectivity index (χ4v) is 2.25. The van der Waals surface area contributed by atoms with Crippen LogP contribution >= 0.6 is 0 Å². The van der Waals surface area contributed by atoms with Crippen molar-refractivity contribution in [3.63, 3.8) is 0 Å². The minimum Gasteiger partial charge on any atom is -0.493 e. The summed E-state index contributed by atoms with van der Waals surface area (Å²) in [6.45, 7) is 0.904. The van der Waals surface area contributed by atoms with Crippen LogP contribution in [-0.2, 0) is 19.1 Å². The van der Waals surface area contributed by atoms with Crippen LogP contribution in [0, 0.1) is 0 Å². The van der Waals surface area contributed by atoms with Crippen LogP contribution in [0.15, 0.2) is 23.9 Å². The van der Waals surface area contributed by atoms with Crippen molar-refractivity contribution in [2.45, 2.75) is 6.92 Å². The summed E-state index contributed by atoms with van der Waals surface area (Å²) in [4.78, 5) is 46.5. The first-order valence-electron chi connectivity index (χ1n) is 7.88. The molecule has 1 aliphatic heterocycles. The van der Waals surface area contributed by atoms with Crippen molar-refractivity contribution >= 4 is 30.0 Å². The molecular weight excluding hydrogens is 360 g/mol. The van der Waals surface area contributed by atoms with Gasteiger partial charge in [-0.25, -0.2) is 14.5 Å². The van der Waals surface area contributed by atoms with E-state index in [4.69, 9.17) is 19.3 Å². The van der Waals surface area contributed by atoms with Crippen molar-refractivity contribution in [2.75, 3.05) is 26.9 Å². The number of imide groups is 1. The van der Waals surface area contributed by atoms with Crippen LogP contribution in [0.2, 0.25) is 0 Å². The number of methoxy groups -OCH3 is 1. The lowest BCUT2D eigenvalue weighted by molar-refractivity contribution is -0.145. The van der Waals surface area contributed by atoms with E-state index in [1.807, 2.05) is 0 Å². The number of rotatable bonds is 8. The minimum absolute atomic E-state index is 0.0662. The minimum atomic E-state index is -1.30. The van der Waals surface area contributed by atoms with E-state index in [9.17, 15) is 19.2 Å². The van der Waals surface area contributed by atoms with E-state index < -0.39 is 30.4 Å². The first kappa shape index (κ1) is 19.8. The summed E-state index contributed by atoms with van der Waals surface area (Å²) in [7, 11) is 1.40. The Hall–Kier alpha value is -3.56. The van der Waals surface area contributed by atoms with Gasteiger partial charge in [-0.3, -0.25) is 9.59 Å². The quantitative estimate of drug-likeness (QED) is 0.382. The Morgan fingerprint density at radius 2 is 2.00 bits per heavy atom. The number of hydrogen-bond acceptors (Lipinski definition) is 7. The molecule has 0 atom stereocenters. The Morgan fingerprint density at radius 3 is 2.63 bits per heavy atom. The summed E-state index contributed by atoms with van der Waals surface area (Å²) in [6.07, 6.45) is 1.37. The number of esters is 1. The van der Waals surface area contributed by atoms with Crippen LogP contribution in [0.5, 0.6) is 11.5 Å². The number of nitrogens with zero attached hydrogens (tertiary/aromatic N) is 1. The predicted octanol–water partition coefficient (Wildman–Crippen LogP) is 0.614. The van der Waals surface area contributed by atoms with E-state index in [2.05, 4.69) is 5.32 Å². The van der Waals surface area contributed by atoms with Gasteiger partial charge in [-0.05, 0) is 30.7 Å². The van der Waals surface area contributed by atoms with Crippen LogP contribution < -0.4 is 14.8 Å². The smallest absolute Gasteiger partial charge is 0.344 e. The third kappa shape index (κ3) is 4.97. The number of nitrogens with one attached hydrogen (secondary N) is 1. The summed E-state index contributed by atoms with van der Waals surface area (Å²) < 4.78 is 15.3. The largest absolute Gasteiger partial charge is 0.493 e. The molecule has 0 unspecified atom stereocenters. The van der Waals surface area contributed by atoms with Gasteiger partial charge in [-0.2, -0.15) is 0 Å². The highest BCUT2D eigenvalue weighted by molar-refractivity contribution is 6.15. The average Bonchev–Trinajstić information content (AvgIpc) is 2.87. The lowest BCUT2D eigenvalue weighted by Gasteiger charge is -2.11. The van der Waals surface area contributed by atoms with E-state index in [0.29, 0.717) is 22.0 Å². The maximum atomic E-state index is 12.1. The van der Waals surface area contributed by atoms with Crippen molar-refractivity contribution in [3.8, 4) is 11.5 Å². The molecule has 1 saturated heterocycles. The number of urea groups is 1. The number of aliphatic carboxylic acids is 1. The van der Waals surface area contributed by atoms with Crippen molar-refractivity contribution in [1.29, 1.82) is 0 Å². The van der Waals surface area contributed by atoms with Crippen molar-refractivity contribution in [2.24, 2.45) is 0 Å². The number of carbonyl (C=O) groups is 4. The Labute approximate surface area is 154 Å². The Balaban J connectivity index is 2.16. The molecular formula is C17H18N2O8. The van der Waals surface area contributed by atoms with E-state index in [1.165, 1.54) is 25.3 Å². The molecule has 27 heavy (non-hydrogen) atoms. The molecule has 0 aliphatic carbocycles. The zero-order chi connectivity index (χ0) is 20.0. The van der Waals surface area contributed by atoms with Crippen LogP contribution in [0.3, 0.4) is 0 Å². The fraction of sp³-hybridized carbons (Fsp3) is 0.294. The molecule has 1 aromatic carbocycles. The Bertz CT molecular complexity index is 802. The Kier molecular flexibility index (Phi) is 6.36. The van der Waals surface area contributed by atoms with Gasteiger partial charge in [0.05, 0.1) is 13.7 Å². The molecule has 0 spiro atoms. The second-order valence-corrected chi connectivity index (χ2v) is 5.28. The second kappa shape index (κ2) is 8.70. The molecule has 0 aromatic heterocycles. The lowest BCUT2D eigenvalue weighted by Crippen LogP contribution is -2.35. The molecule has 3 amide bonds. The highest BCUT2D eigenvalue weighted by Gasteiger charge is 2.34. The molecule has 2 N–H and O–H groups in total. The van der Waals surface area contributed by atoms with Gasteiger partial charge in [-0.15, -0.1) is 0 Å². The second-order valence-electron chi connectivity index (χ2n) is 5.28. The molecule has 1 heterocycles. The van der Waals surface area contributed by atoms with Gasteiger partial charge in [0.25, 0.3) is 5.91 Å². The number of carbonyl (C=O) groups excluding carboxylic acids is 3. The summed E-state index contributed by atoms with van der Waals surface area (Å²) in [5.74, 6) is -1.98. The van der Waals surface area contributed by atoms with Gasteiger partial charge in [0.2, 0.25) is 0 Å². The van der Waals surface area contributed by atoms with Crippen LogP contribution in [0.25, 0.3) is 6.08 Å². The third-order valence-electron chi connectivity index (χ3n) is 3.41. The van der Waals surface area contributed by atoms with Crippen LogP contribution in [0.4, 0.5) is 4.79 Å². The summed E-state index contributed by atoms with van der Waals surface area (Å²) in [6, 6.07) is 3.83. The molecule has 10 heteroatoms. The number of benzene rings is 1. The number of hydrogen-bond donors (Lipinski definition) is 2. The van der Waals surface area contributed by atoms with Gasteiger partial charge in [0.15, 0.2) is 18.1 Å². The molecule has 1 fully saturated rings. The molecule has 1 aromatic rings. The van der Waals surface area contributed by atoms with Gasteiger partial charge < -0.3 is 24.6 Å². The van der Waals surface area contributed by atoms with Crippen LogP contribution in [-0.4, -0.2) is 60.8 Å². The van der Waals surface area contributed by atoms with Gasteiger partial charge >= 0.3 is 18.0 Å². The van der Waals surface area contributed by atoms with Gasteiger partial charge in [-0.1, -0.05) is 6.07 Å². The first-order chi connectivity index (χ1) is 12.8. The zero-order valence-corrected chi connectivity index (χ0v) is 14.7. The van der Waals surface area contributed by atoms with E-state index in [-0.39, 0.29) is 18.9 Å². The monoisotopic (exact) mass is 378 g/mol. The van der Waals surface area contributed by atoms with E-state index >= 15 is 0 Å². The highest BCUT2D eigenvalue weighted by atomic mass is 16.6. The standard InChI is InChI=1S/C17H18N2O8/c1-3-26-15(22)9-27-12-5-4-10(7-13(12)25-2)6-11-16(23)19(8-14(20)21)17(24)18-11/h4-7H,3,8-9H2,1-2H3,(H,18,24)(H,20,21)/b11-6+. The van der Waals surface area contributed by atoms with Crippen molar-refractivity contribution in [1.82, 2.24) is 10.2 Å². The lowest BCUT2D eigenvalue weighted by atomic mass is 10.1. The van der Waals surface area contributed by atoms with Gasteiger partial charge in [0, 0.05) is 0 Å². The summed E-state index contributed by atoms with van der Waals surface area (Å²) in [5, 5.41) is 11.1. The molecule has 1 aliphatic rings. The fourth-order valence-electron chi connectivity index (χ4n) is 2.25. The summed E-state index contributed by atoms with van der Waals surface area (Å²) >= 11 is 0. The first-order valence-corrected chi connectivity index (χ1v) is 7.88. The SMILES string of the molecule is CCOC(=O)COc1ccc(/C=C2/NC(=O)N(CC(=O)O)C2=O)cc1OC. The average molecular weight is 378 g/mol. The molecule has 10 nitrogen and oxygen atoms in total. The number of carboxylic acid groups (broad SMARTS) is 1. The molecule has 2 rings (SSSR count). The van der Waals surface area contributed by atoms with Crippen molar-refractivity contribution in [3.05, 3.63) is 29.5 Å². The highest BCUT2D eigenvalue weighted by Crippen LogP contribution is 2.29. The molecule has 144 valence electrons. The van der Waals surface area contributed by atoms with Crippen molar-refractivity contribution < 1.29 is 38.5 Å². The maximum Gasteiger partial charge on any atom is 0.344 e.